The molecule has 2 rings (SSSR count). The Balaban J connectivity index is 2.10. The number of thioether (sulfide) groups is 1. The van der Waals surface area contributed by atoms with Gasteiger partial charge in [-0.2, -0.15) is 0 Å². The third-order valence-corrected chi connectivity index (χ3v) is 3.45. The van der Waals surface area contributed by atoms with Crippen molar-refractivity contribution < 1.29 is 13.9 Å². The molecular weight excluding hydrogens is 278 g/mol. The van der Waals surface area contributed by atoms with Crippen molar-refractivity contribution in [1.29, 1.82) is 0 Å². The number of nitrogens with zero attached hydrogens (tertiary/aromatic N) is 2. The maximum Gasteiger partial charge on any atom is 0.277 e. The number of benzene rings is 1. The Morgan fingerprint density at radius 1 is 1.40 bits per heavy atom. The first kappa shape index (κ1) is 14.4. The van der Waals surface area contributed by atoms with Crippen molar-refractivity contribution in [1.82, 2.24) is 10.2 Å². The SMILES string of the molecule is CCOc1ccc(-c2nnc(S[C@@H](C)C(N)=O)o2)cc1. The Morgan fingerprint density at radius 3 is 2.70 bits per heavy atom. The molecule has 1 atom stereocenters. The van der Waals surface area contributed by atoms with E-state index < -0.39 is 11.2 Å². The Hall–Kier alpha value is -2.02. The summed E-state index contributed by atoms with van der Waals surface area (Å²) in [4.78, 5) is 11.0. The van der Waals surface area contributed by atoms with Crippen molar-refractivity contribution in [2.75, 3.05) is 6.61 Å². The number of carbonyl (C=O) groups is 1. The first-order valence-corrected chi connectivity index (χ1v) is 7.01. The summed E-state index contributed by atoms with van der Waals surface area (Å²) in [6.07, 6.45) is 0. The van der Waals surface area contributed by atoms with Gasteiger partial charge in [-0.3, -0.25) is 4.79 Å². The van der Waals surface area contributed by atoms with Crippen molar-refractivity contribution in [2.45, 2.75) is 24.3 Å². The number of rotatable bonds is 6. The summed E-state index contributed by atoms with van der Waals surface area (Å²) in [5.41, 5.74) is 5.97. The van der Waals surface area contributed by atoms with Crippen LogP contribution in [0.4, 0.5) is 0 Å². The topological polar surface area (TPSA) is 91.2 Å². The van der Waals surface area contributed by atoms with Gasteiger partial charge in [0.05, 0.1) is 11.9 Å². The van der Waals surface area contributed by atoms with Crippen molar-refractivity contribution in [2.24, 2.45) is 5.73 Å². The molecule has 1 amide bonds. The van der Waals surface area contributed by atoms with Crippen LogP contribution in [0, 0.1) is 0 Å². The Bertz CT molecular complexity index is 583. The monoisotopic (exact) mass is 293 g/mol. The number of hydrogen-bond acceptors (Lipinski definition) is 6. The van der Waals surface area contributed by atoms with Crippen LogP contribution in [0.1, 0.15) is 13.8 Å². The molecule has 20 heavy (non-hydrogen) atoms. The lowest BCUT2D eigenvalue weighted by Crippen LogP contribution is -2.22. The van der Waals surface area contributed by atoms with Gasteiger partial charge >= 0.3 is 0 Å². The van der Waals surface area contributed by atoms with E-state index in [2.05, 4.69) is 10.2 Å². The van der Waals surface area contributed by atoms with E-state index in [9.17, 15) is 4.79 Å². The zero-order chi connectivity index (χ0) is 14.5. The molecule has 6 nitrogen and oxygen atoms in total. The van der Waals surface area contributed by atoms with Crippen LogP contribution in [-0.4, -0.2) is 28.0 Å². The number of primary amides is 1. The molecule has 0 bridgehead atoms. The maximum atomic E-state index is 11.0. The molecule has 2 N–H and O–H groups in total. The number of carbonyl (C=O) groups excluding carboxylic acids is 1. The highest BCUT2D eigenvalue weighted by atomic mass is 32.2. The fraction of sp³-hybridized carbons (Fsp3) is 0.308. The molecule has 0 saturated carbocycles. The highest BCUT2D eigenvalue weighted by Gasteiger charge is 2.16. The second-order valence-electron chi connectivity index (χ2n) is 3.99. The second-order valence-corrected chi connectivity index (χ2v) is 5.29. The smallest absolute Gasteiger partial charge is 0.277 e. The number of aromatic nitrogens is 2. The van der Waals surface area contributed by atoms with Gasteiger partial charge in [-0.15, -0.1) is 10.2 Å². The van der Waals surface area contributed by atoms with Gasteiger partial charge in [-0.1, -0.05) is 11.8 Å². The van der Waals surface area contributed by atoms with Crippen LogP contribution in [0.3, 0.4) is 0 Å². The van der Waals surface area contributed by atoms with Crippen molar-refractivity contribution in [3.8, 4) is 17.2 Å². The molecular formula is C13H15N3O3S. The number of amides is 1. The summed E-state index contributed by atoms with van der Waals surface area (Å²) in [5.74, 6) is 0.760. The summed E-state index contributed by atoms with van der Waals surface area (Å²) in [6, 6.07) is 7.35. The molecule has 0 fully saturated rings. The average Bonchev–Trinajstić information content (AvgIpc) is 2.88. The number of hydrogen-bond donors (Lipinski definition) is 1. The summed E-state index contributed by atoms with van der Waals surface area (Å²) in [6.45, 7) is 4.23. The van der Waals surface area contributed by atoms with E-state index in [-0.39, 0.29) is 0 Å². The van der Waals surface area contributed by atoms with Crippen LogP contribution in [0.2, 0.25) is 0 Å². The van der Waals surface area contributed by atoms with Crippen molar-refractivity contribution in [3.05, 3.63) is 24.3 Å². The lowest BCUT2D eigenvalue weighted by atomic mass is 10.2. The molecule has 0 aliphatic rings. The Kier molecular flexibility index (Phi) is 4.62. The molecule has 0 aliphatic carbocycles. The zero-order valence-corrected chi connectivity index (χ0v) is 12.0. The minimum Gasteiger partial charge on any atom is -0.494 e. The minimum atomic E-state index is -0.421. The van der Waals surface area contributed by atoms with E-state index >= 15 is 0 Å². The fourth-order valence-corrected chi connectivity index (χ4v) is 2.08. The van der Waals surface area contributed by atoms with E-state index in [4.69, 9.17) is 14.9 Å². The van der Waals surface area contributed by atoms with Gasteiger partial charge in [0.25, 0.3) is 5.22 Å². The quantitative estimate of drug-likeness (QED) is 0.820. The summed E-state index contributed by atoms with van der Waals surface area (Å²) in [5, 5.41) is 7.73. The van der Waals surface area contributed by atoms with Gasteiger partial charge in [0.15, 0.2) is 0 Å². The predicted molar refractivity (Wildman–Crippen MR) is 75.4 cm³/mol. The largest absolute Gasteiger partial charge is 0.494 e. The molecule has 7 heteroatoms. The molecule has 0 unspecified atom stereocenters. The Labute approximate surface area is 120 Å². The van der Waals surface area contributed by atoms with Gasteiger partial charge in [-0.25, -0.2) is 0 Å². The van der Waals surface area contributed by atoms with Crippen LogP contribution >= 0.6 is 11.8 Å². The number of ether oxygens (including phenoxy) is 1. The van der Waals surface area contributed by atoms with E-state index in [1.807, 2.05) is 31.2 Å². The van der Waals surface area contributed by atoms with Gasteiger partial charge in [0.2, 0.25) is 11.8 Å². The minimum absolute atomic E-state index is 0.320. The second kappa shape index (κ2) is 6.42. The molecule has 0 radical (unpaired) electrons. The molecule has 0 saturated heterocycles. The molecule has 1 aromatic carbocycles. The highest BCUT2D eigenvalue weighted by Crippen LogP contribution is 2.26. The van der Waals surface area contributed by atoms with Crippen LogP contribution in [0.25, 0.3) is 11.5 Å². The van der Waals surface area contributed by atoms with Crippen molar-refractivity contribution in [3.63, 3.8) is 0 Å². The first-order chi connectivity index (χ1) is 9.60. The molecule has 2 aromatic rings. The van der Waals surface area contributed by atoms with Crippen LogP contribution in [0.5, 0.6) is 5.75 Å². The molecule has 1 aromatic heterocycles. The predicted octanol–water partition coefficient (Wildman–Crippen LogP) is 2.10. The van der Waals surface area contributed by atoms with Crippen LogP contribution in [-0.2, 0) is 4.79 Å². The van der Waals surface area contributed by atoms with E-state index in [0.717, 1.165) is 23.1 Å². The van der Waals surface area contributed by atoms with Gasteiger partial charge in [-0.05, 0) is 38.1 Å². The van der Waals surface area contributed by atoms with Crippen LogP contribution in [0.15, 0.2) is 33.9 Å². The summed E-state index contributed by atoms with van der Waals surface area (Å²) < 4.78 is 10.8. The zero-order valence-electron chi connectivity index (χ0n) is 11.2. The molecule has 0 aliphatic heterocycles. The van der Waals surface area contributed by atoms with Gasteiger partial charge < -0.3 is 14.9 Å². The summed E-state index contributed by atoms with van der Waals surface area (Å²) >= 11 is 1.14. The maximum absolute atomic E-state index is 11.0. The highest BCUT2D eigenvalue weighted by molar-refractivity contribution is 8.00. The van der Waals surface area contributed by atoms with Crippen molar-refractivity contribution >= 4 is 17.7 Å². The van der Waals surface area contributed by atoms with Gasteiger partial charge in [0.1, 0.15) is 5.75 Å². The fourth-order valence-electron chi connectivity index (χ4n) is 1.44. The van der Waals surface area contributed by atoms with Gasteiger partial charge in [0, 0.05) is 5.56 Å². The third kappa shape index (κ3) is 3.51. The lowest BCUT2D eigenvalue weighted by molar-refractivity contribution is -0.117. The number of nitrogens with two attached hydrogens (primary N) is 1. The average molecular weight is 293 g/mol. The van der Waals surface area contributed by atoms with Crippen LogP contribution < -0.4 is 10.5 Å². The molecule has 1 heterocycles. The third-order valence-electron chi connectivity index (χ3n) is 2.50. The van der Waals surface area contributed by atoms with E-state index in [0.29, 0.717) is 17.7 Å². The molecule has 0 spiro atoms. The lowest BCUT2D eigenvalue weighted by Gasteiger charge is -2.02. The van der Waals surface area contributed by atoms with E-state index in [1.54, 1.807) is 6.92 Å². The van der Waals surface area contributed by atoms with E-state index in [1.165, 1.54) is 0 Å². The standard InChI is InChI=1S/C13H15N3O3S/c1-3-18-10-6-4-9(5-7-10)12-15-16-13(19-12)20-8(2)11(14)17/h4-8H,3H2,1-2H3,(H2,14,17)/t8-/m0/s1. The Morgan fingerprint density at radius 2 is 2.10 bits per heavy atom. The normalized spacial score (nSPS) is 12.1. The summed E-state index contributed by atoms with van der Waals surface area (Å²) in [7, 11) is 0. The first-order valence-electron chi connectivity index (χ1n) is 6.13. The molecule has 106 valence electrons.